The van der Waals surface area contributed by atoms with Gasteiger partial charge in [-0.15, -0.1) is 11.3 Å². The summed E-state index contributed by atoms with van der Waals surface area (Å²) in [5, 5.41) is 7.78. The van der Waals surface area contributed by atoms with Crippen molar-refractivity contribution in [2.75, 3.05) is 32.1 Å². The second-order valence-electron chi connectivity index (χ2n) is 5.88. The van der Waals surface area contributed by atoms with Crippen molar-refractivity contribution in [3.8, 4) is 5.75 Å². The van der Waals surface area contributed by atoms with Crippen molar-refractivity contribution in [3.05, 3.63) is 46.7 Å². The van der Waals surface area contributed by atoms with Crippen molar-refractivity contribution in [1.82, 2.24) is 10.2 Å². The minimum absolute atomic E-state index is 0.0330. The number of amides is 2. The lowest BCUT2D eigenvalue weighted by Gasteiger charge is -2.21. The van der Waals surface area contributed by atoms with E-state index in [0.717, 1.165) is 10.6 Å². The molecule has 0 fully saturated rings. The molecule has 2 aromatic rings. The zero-order valence-electron chi connectivity index (χ0n) is 15.3. The highest BCUT2D eigenvalue weighted by molar-refractivity contribution is 7.10. The second-order valence-corrected chi connectivity index (χ2v) is 6.86. The minimum atomic E-state index is -0.156. The Labute approximate surface area is 158 Å². The molecule has 0 saturated carbocycles. The highest BCUT2D eigenvalue weighted by Crippen LogP contribution is 2.18. The summed E-state index contributed by atoms with van der Waals surface area (Å²) >= 11 is 1.61. The summed E-state index contributed by atoms with van der Waals surface area (Å²) in [6.07, 6.45) is 0. The molecule has 0 radical (unpaired) electrons. The molecule has 0 spiro atoms. The van der Waals surface area contributed by atoms with Crippen LogP contribution in [0, 0.1) is 0 Å². The van der Waals surface area contributed by atoms with Crippen LogP contribution in [-0.4, -0.2) is 43.5 Å². The second kappa shape index (κ2) is 9.94. The summed E-state index contributed by atoms with van der Waals surface area (Å²) in [6, 6.07) is 11.1. The Morgan fingerprint density at radius 1 is 1.15 bits per heavy atom. The van der Waals surface area contributed by atoms with E-state index in [1.807, 2.05) is 31.4 Å². The van der Waals surface area contributed by atoms with Crippen LogP contribution in [0.1, 0.15) is 24.8 Å². The Morgan fingerprint density at radius 2 is 1.85 bits per heavy atom. The third-order valence-corrected chi connectivity index (χ3v) is 4.96. The van der Waals surface area contributed by atoms with Gasteiger partial charge in [-0.1, -0.05) is 13.0 Å². The Morgan fingerprint density at radius 3 is 2.42 bits per heavy atom. The molecular weight excluding hydrogens is 350 g/mol. The summed E-state index contributed by atoms with van der Waals surface area (Å²) in [5.74, 6) is 0.482. The fraction of sp³-hybridized carbons (Fsp3) is 0.368. The van der Waals surface area contributed by atoms with Crippen LogP contribution >= 0.6 is 11.3 Å². The maximum Gasteiger partial charge on any atom is 0.238 e. The number of hydrogen-bond donors (Lipinski definition) is 2. The molecule has 1 aromatic heterocycles. The van der Waals surface area contributed by atoms with Crippen molar-refractivity contribution in [2.24, 2.45) is 0 Å². The number of nitrogens with one attached hydrogen (secondary N) is 2. The van der Waals surface area contributed by atoms with Crippen molar-refractivity contribution < 1.29 is 14.3 Å². The lowest BCUT2D eigenvalue weighted by molar-refractivity contribution is -0.123. The molecular formula is C19H25N3O3S. The first kappa shape index (κ1) is 19.9. The van der Waals surface area contributed by atoms with Gasteiger partial charge >= 0.3 is 0 Å². The molecule has 140 valence electrons. The largest absolute Gasteiger partial charge is 0.497 e. The first-order valence-corrected chi connectivity index (χ1v) is 9.38. The zero-order valence-corrected chi connectivity index (χ0v) is 16.1. The highest BCUT2D eigenvalue weighted by atomic mass is 32.1. The van der Waals surface area contributed by atoms with E-state index in [1.165, 1.54) is 0 Å². The van der Waals surface area contributed by atoms with E-state index < -0.39 is 0 Å². The lowest BCUT2D eigenvalue weighted by Crippen LogP contribution is -2.41. The van der Waals surface area contributed by atoms with E-state index in [1.54, 1.807) is 47.6 Å². The van der Waals surface area contributed by atoms with Crippen molar-refractivity contribution >= 4 is 28.8 Å². The van der Waals surface area contributed by atoms with E-state index in [2.05, 4.69) is 10.6 Å². The fourth-order valence-electron chi connectivity index (χ4n) is 2.46. The fourth-order valence-corrected chi connectivity index (χ4v) is 3.19. The third-order valence-electron chi connectivity index (χ3n) is 3.90. The smallest absolute Gasteiger partial charge is 0.238 e. The number of carbonyl (C=O) groups excluding carboxylic acids is 2. The minimum Gasteiger partial charge on any atom is -0.497 e. The maximum absolute atomic E-state index is 12.2. The molecule has 0 aliphatic rings. The first-order valence-electron chi connectivity index (χ1n) is 8.50. The van der Waals surface area contributed by atoms with Gasteiger partial charge in [0, 0.05) is 10.6 Å². The number of nitrogens with zero attached hydrogens (tertiary/aromatic N) is 1. The molecule has 0 unspecified atom stereocenters. The van der Waals surface area contributed by atoms with Crippen molar-refractivity contribution in [1.29, 1.82) is 0 Å². The summed E-state index contributed by atoms with van der Waals surface area (Å²) in [4.78, 5) is 27.4. The van der Waals surface area contributed by atoms with Crippen LogP contribution in [0.4, 0.5) is 5.69 Å². The zero-order chi connectivity index (χ0) is 18.9. The molecule has 26 heavy (non-hydrogen) atoms. The summed E-state index contributed by atoms with van der Waals surface area (Å²) in [7, 11) is 1.59. The Bertz CT molecular complexity index is 701. The van der Waals surface area contributed by atoms with Crippen LogP contribution in [0.15, 0.2) is 41.8 Å². The predicted molar refractivity (Wildman–Crippen MR) is 105 cm³/mol. The standard InChI is InChI=1S/C19H25N3O3S/c1-4-22(12-18(23)20-14(2)17-6-5-11-26-17)13-19(24)21-15-7-9-16(25-3)10-8-15/h5-11,14H,4,12-13H2,1-3H3,(H,20,23)(H,21,24)/t14-/m1/s1. The highest BCUT2D eigenvalue weighted by Gasteiger charge is 2.16. The number of rotatable bonds is 9. The van der Waals surface area contributed by atoms with Gasteiger partial charge in [0.2, 0.25) is 11.8 Å². The van der Waals surface area contributed by atoms with Gasteiger partial charge in [-0.05, 0) is 49.2 Å². The summed E-state index contributed by atoms with van der Waals surface area (Å²) in [6.45, 7) is 4.83. The van der Waals surface area contributed by atoms with Crippen LogP contribution < -0.4 is 15.4 Å². The number of likely N-dealkylation sites (N-methyl/N-ethyl adjacent to an activating group) is 1. The Hall–Kier alpha value is -2.38. The molecule has 0 aliphatic heterocycles. The average molecular weight is 375 g/mol. The lowest BCUT2D eigenvalue weighted by atomic mass is 10.2. The first-order chi connectivity index (χ1) is 12.5. The maximum atomic E-state index is 12.2. The van der Waals surface area contributed by atoms with E-state index in [4.69, 9.17) is 4.74 Å². The molecule has 1 aromatic carbocycles. The van der Waals surface area contributed by atoms with Gasteiger partial charge in [0.1, 0.15) is 5.75 Å². The third kappa shape index (κ3) is 6.16. The van der Waals surface area contributed by atoms with Gasteiger partial charge in [-0.3, -0.25) is 14.5 Å². The Kier molecular flexibility index (Phi) is 7.62. The molecule has 1 atom stereocenters. The number of ether oxygens (including phenoxy) is 1. The quantitative estimate of drug-likeness (QED) is 0.707. The molecule has 2 rings (SSSR count). The van der Waals surface area contributed by atoms with Crippen LogP contribution in [-0.2, 0) is 9.59 Å². The number of benzene rings is 1. The molecule has 1 heterocycles. The molecule has 2 amide bonds. The van der Waals surface area contributed by atoms with Gasteiger partial charge in [0.05, 0.1) is 26.2 Å². The van der Waals surface area contributed by atoms with Gasteiger partial charge in [0.15, 0.2) is 0 Å². The summed E-state index contributed by atoms with van der Waals surface area (Å²) in [5.41, 5.74) is 0.697. The van der Waals surface area contributed by atoms with Crippen molar-refractivity contribution in [2.45, 2.75) is 19.9 Å². The van der Waals surface area contributed by atoms with E-state index in [9.17, 15) is 9.59 Å². The number of thiophene rings is 1. The average Bonchev–Trinajstić information content (AvgIpc) is 3.16. The molecule has 0 bridgehead atoms. The monoisotopic (exact) mass is 375 g/mol. The van der Waals surface area contributed by atoms with Gasteiger partial charge in [0.25, 0.3) is 0 Å². The van der Waals surface area contributed by atoms with Crippen LogP contribution in [0.25, 0.3) is 0 Å². The SMILES string of the molecule is CCN(CC(=O)Nc1ccc(OC)cc1)CC(=O)N[C@H](C)c1cccs1. The summed E-state index contributed by atoms with van der Waals surface area (Å²) < 4.78 is 5.09. The molecule has 6 nitrogen and oxygen atoms in total. The molecule has 7 heteroatoms. The van der Waals surface area contributed by atoms with Crippen LogP contribution in [0.2, 0.25) is 0 Å². The van der Waals surface area contributed by atoms with Crippen LogP contribution in [0.5, 0.6) is 5.75 Å². The number of hydrogen-bond acceptors (Lipinski definition) is 5. The van der Waals surface area contributed by atoms with Crippen molar-refractivity contribution in [3.63, 3.8) is 0 Å². The normalized spacial score (nSPS) is 11.8. The molecule has 2 N–H and O–H groups in total. The van der Waals surface area contributed by atoms with Gasteiger partial charge < -0.3 is 15.4 Å². The number of methoxy groups -OCH3 is 1. The van der Waals surface area contributed by atoms with Gasteiger partial charge in [-0.2, -0.15) is 0 Å². The number of carbonyl (C=O) groups is 2. The van der Waals surface area contributed by atoms with E-state index >= 15 is 0 Å². The molecule has 0 aliphatic carbocycles. The predicted octanol–water partition coefficient (Wildman–Crippen LogP) is 2.89. The van der Waals surface area contributed by atoms with Gasteiger partial charge in [-0.25, -0.2) is 0 Å². The topological polar surface area (TPSA) is 70.7 Å². The number of anilines is 1. The van der Waals surface area contributed by atoms with E-state index in [0.29, 0.717) is 12.2 Å². The van der Waals surface area contributed by atoms with E-state index in [-0.39, 0.29) is 30.9 Å². The molecule has 0 saturated heterocycles. The Balaban J connectivity index is 1.81. The van der Waals surface area contributed by atoms with Crippen LogP contribution in [0.3, 0.4) is 0 Å².